The number of allylic oxidation sites excluding steroid dienone is 1. The molecule has 4 nitrogen and oxygen atoms in total. The van der Waals surface area contributed by atoms with Gasteiger partial charge in [-0.1, -0.05) is 129 Å². The molecule has 0 aliphatic heterocycles. The average molecular weight is 466 g/mol. The normalized spacial score (nSPS) is 12.3. The highest BCUT2D eigenvalue weighted by Gasteiger charge is 2.22. The SMILES string of the molecule is CCCCCCCCCCC=CC(CC(=O)O)C(=O)N(C)CCCCCCCCCCCC. The highest BCUT2D eigenvalue weighted by molar-refractivity contribution is 5.84. The lowest BCUT2D eigenvalue weighted by atomic mass is 10.0. The molecule has 0 heterocycles. The number of carbonyl (C=O) groups is 2. The maximum absolute atomic E-state index is 12.8. The van der Waals surface area contributed by atoms with E-state index >= 15 is 0 Å². The summed E-state index contributed by atoms with van der Waals surface area (Å²) in [4.78, 5) is 25.8. The number of amides is 1. The van der Waals surface area contributed by atoms with E-state index in [4.69, 9.17) is 0 Å². The summed E-state index contributed by atoms with van der Waals surface area (Å²) >= 11 is 0. The summed E-state index contributed by atoms with van der Waals surface area (Å²) in [5, 5.41) is 9.24. The minimum atomic E-state index is -0.905. The molecule has 0 aromatic carbocycles. The van der Waals surface area contributed by atoms with Gasteiger partial charge in [-0.2, -0.15) is 0 Å². The predicted octanol–water partition coefficient (Wildman–Crippen LogP) is 8.54. The van der Waals surface area contributed by atoms with Crippen LogP contribution in [0, 0.1) is 5.92 Å². The van der Waals surface area contributed by atoms with E-state index in [0.717, 1.165) is 32.2 Å². The number of hydrogen-bond donors (Lipinski definition) is 1. The topological polar surface area (TPSA) is 57.6 Å². The second-order valence-electron chi connectivity index (χ2n) is 9.84. The molecule has 1 N–H and O–H groups in total. The van der Waals surface area contributed by atoms with Crippen molar-refractivity contribution in [3.05, 3.63) is 12.2 Å². The number of unbranched alkanes of at least 4 members (excludes halogenated alkanes) is 17. The van der Waals surface area contributed by atoms with Crippen molar-refractivity contribution in [3.63, 3.8) is 0 Å². The van der Waals surface area contributed by atoms with E-state index in [1.54, 1.807) is 4.90 Å². The monoisotopic (exact) mass is 465 g/mol. The number of nitrogens with zero attached hydrogens (tertiary/aromatic N) is 1. The van der Waals surface area contributed by atoms with Crippen molar-refractivity contribution in [2.24, 2.45) is 5.92 Å². The first-order valence-corrected chi connectivity index (χ1v) is 14.2. The van der Waals surface area contributed by atoms with Crippen LogP contribution in [0.3, 0.4) is 0 Å². The van der Waals surface area contributed by atoms with Crippen molar-refractivity contribution in [1.29, 1.82) is 0 Å². The number of carbonyl (C=O) groups excluding carboxylic acids is 1. The molecule has 0 radical (unpaired) electrons. The third-order valence-corrected chi connectivity index (χ3v) is 6.53. The van der Waals surface area contributed by atoms with Gasteiger partial charge in [0.15, 0.2) is 0 Å². The van der Waals surface area contributed by atoms with E-state index in [9.17, 15) is 14.7 Å². The lowest BCUT2D eigenvalue weighted by molar-refractivity contribution is -0.142. The zero-order chi connectivity index (χ0) is 24.6. The van der Waals surface area contributed by atoms with Gasteiger partial charge in [0.25, 0.3) is 0 Å². The van der Waals surface area contributed by atoms with Gasteiger partial charge in [-0.25, -0.2) is 0 Å². The van der Waals surface area contributed by atoms with E-state index in [2.05, 4.69) is 13.8 Å². The highest BCUT2D eigenvalue weighted by atomic mass is 16.4. The lowest BCUT2D eigenvalue weighted by Crippen LogP contribution is -2.34. The van der Waals surface area contributed by atoms with Crippen LogP contribution in [0.25, 0.3) is 0 Å². The molecule has 0 rings (SSSR count). The van der Waals surface area contributed by atoms with Crippen LogP contribution < -0.4 is 0 Å². The van der Waals surface area contributed by atoms with E-state index in [1.165, 1.54) is 96.3 Å². The summed E-state index contributed by atoms with van der Waals surface area (Å²) in [6.45, 7) is 5.21. The summed E-state index contributed by atoms with van der Waals surface area (Å²) in [6.07, 6.45) is 27.6. The first-order chi connectivity index (χ1) is 16.0. The lowest BCUT2D eigenvalue weighted by Gasteiger charge is -2.21. The minimum Gasteiger partial charge on any atom is -0.481 e. The maximum Gasteiger partial charge on any atom is 0.304 e. The van der Waals surface area contributed by atoms with Gasteiger partial charge in [0.05, 0.1) is 12.3 Å². The summed E-state index contributed by atoms with van der Waals surface area (Å²) in [7, 11) is 1.82. The molecule has 0 saturated carbocycles. The van der Waals surface area contributed by atoms with Gasteiger partial charge in [-0.3, -0.25) is 9.59 Å². The Balaban J connectivity index is 4.03. The molecule has 4 heteroatoms. The van der Waals surface area contributed by atoms with Gasteiger partial charge in [0.1, 0.15) is 0 Å². The van der Waals surface area contributed by atoms with Crippen LogP contribution in [0.15, 0.2) is 12.2 Å². The van der Waals surface area contributed by atoms with E-state index in [0.29, 0.717) is 0 Å². The van der Waals surface area contributed by atoms with Gasteiger partial charge in [0, 0.05) is 13.6 Å². The van der Waals surface area contributed by atoms with E-state index in [1.807, 2.05) is 19.2 Å². The van der Waals surface area contributed by atoms with Crippen molar-refractivity contribution in [1.82, 2.24) is 4.90 Å². The molecule has 0 fully saturated rings. The fourth-order valence-corrected chi connectivity index (χ4v) is 4.31. The Hall–Kier alpha value is -1.32. The van der Waals surface area contributed by atoms with E-state index < -0.39 is 11.9 Å². The molecule has 0 aromatic rings. The standard InChI is InChI=1S/C29H55NO3/c1-4-6-8-10-12-14-16-18-20-22-24-27(26-28(31)32)29(33)30(3)25-23-21-19-17-15-13-11-9-7-5-2/h22,24,27H,4-21,23,25-26H2,1-3H3,(H,31,32). The van der Waals surface area contributed by atoms with Crippen molar-refractivity contribution >= 4 is 11.9 Å². The Labute approximate surface area is 205 Å². The molecule has 0 saturated heterocycles. The Kier molecular flexibility index (Phi) is 22.9. The Bertz CT molecular complexity index is 489. The van der Waals surface area contributed by atoms with Gasteiger partial charge in [-0.05, 0) is 19.3 Å². The molecular formula is C29H55NO3. The van der Waals surface area contributed by atoms with Crippen LogP contribution in [0.5, 0.6) is 0 Å². The summed E-state index contributed by atoms with van der Waals surface area (Å²) in [5.41, 5.74) is 0. The number of aliphatic carboxylic acids is 1. The van der Waals surface area contributed by atoms with Crippen LogP contribution in [-0.4, -0.2) is 35.5 Å². The Morgan fingerprint density at radius 2 is 1.12 bits per heavy atom. The van der Waals surface area contributed by atoms with Crippen LogP contribution in [0.4, 0.5) is 0 Å². The number of carboxylic acid groups (broad SMARTS) is 1. The molecule has 0 aromatic heterocycles. The smallest absolute Gasteiger partial charge is 0.304 e. The molecule has 194 valence electrons. The average Bonchev–Trinajstić information content (AvgIpc) is 2.79. The molecule has 1 atom stereocenters. The molecule has 33 heavy (non-hydrogen) atoms. The fourth-order valence-electron chi connectivity index (χ4n) is 4.31. The zero-order valence-corrected chi connectivity index (χ0v) is 22.3. The second kappa shape index (κ2) is 23.8. The Morgan fingerprint density at radius 3 is 1.58 bits per heavy atom. The number of hydrogen-bond acceptors (Lipinski definition) is 2. The second-order valence-corrected chi connectivity index (χ2v) is 9.84. The first-order valence-electron chi connectivity index (χ1n) is 14.2. The quantitative estimate of drug-likeness (QED) is 0.115. The van der Waals surface area contributed by atoms with Crippen LogP contribution in [0.1, 0.15) is 142 Å². The van der Waals surface area contributed by atoms with Crippen molar-refractivity contribution in [2.45, 2.75) is 142 Å². The molecule has 1 amide bonds. The number of carboxylic acids is 1. The van der Waals surface area contributed by atoms with Gasteiger partial charge in [0.2, 0.25) is 5.91 Å². The largest absolute Gasteiger partial charge is 0.481 e. The fraction of sp³-hybridized carbons (Fsp3) is 0.862. The van der Waals surface area contributed by atoms with Crippen LogP contribution in [0.2, 0.25) is 0 Å². The van der Waals surface area contributed by atoms with Gasteiger partial charge >= 0.3 is 5.97 Å². The summed E-state index contributed by atoms with van der Waals surface area (Å²) < 4.78 is 0. The maximum atomic E-state index is 12.8. The Morgan fingerprint density at radius 1 is 0.697 bits per heavy atom. The minimum absolute atomic E-state index is 0.0551. The predicted molar refractivity (Wildman–Crippen MR) is 142 cm³/mol. The van der Waals surface area contributed by atoms with Crippen molar-refractivity contribution in [2.75, 3.05) is 13.6 Å². The summed E-state index contributed by atoms with van der Waals surface area (Å²) in [6, 6.07) is 0. The van der Waals surface area contributed by atoms with Crippen LogP contribution >= 0.6 is 0 Å². The van der Waals surface area contributed by atoms with Crippen molar-refractivity contribution < 1.29 is 14.7 Å². The summed E-state index contributed by atoms with van der Waals surface area (Å²) in [5.74, 6) is -1.50. The van der Waals surface area contributed by atoms with Crippen molar-refractivity contribution in [3.8, 4) is 0 Å². The molecule has 0 spiro atoms. The van der Waals surface area contributed by atoms with Gasteiger partial charge < -0.3 is 10.0 Å². The van der Waals surface area contributed by atoms with Gasteiger partial charge in [-0.15, -0.1) is 0 Å². The molecule has 0 aliphatic carbocycles. The molecular weight excluding hydrogens is 410 g/mol. The number of rotatable bonds is 24. The zero-order valence-electron chi connectivity index (χ0n) is 22.3. The third-order valence-electron chi connectivity index (χ3n) is 6.53. The molecule has 0 bridgehead atoms. The van der Waals surface area contributed by atoms with Crippen LogP contribution in [-0.2, 0) is 9.59 Å². The highest BCUT2D eigenvalue weighted by Crippen LogP contribution is 2.15. The molecule has 0 aliphatic rings. The first kappa shape index (κ1) is 31.7. The molecule has 1 unspecified atom stereocenters. The third kappa shape index (κ3) is 21.0. The van der Waals surface area contributed by atoms with E-state index in [-0.39, 0.29) is 12.3 Å².